The molecule has 15 heteroatoms. The Balaban J connectivity index is 1.75. The van der Waals surface area contributed by atoms with E-state index in [9.17, 15) is 31.2 Å². The van der Waals surface area contributed by atoms with Crippen LogP contribution < -0.4 is 21.1 Å². The third-order valence-electron chi connectivity index (χ3n) is 5.48. The number of hydrogen-bond donors (Lipinski definition) is 5. The number of aryl methyl sites for hydroxylation is 1. The molecule has 1 atom stereocenters. The molecule has 1 unspecified atom stereocenters. The number of carbonyl (C=O) groups excluding carboxylic acids is 2. The number of halogens is 3. The van der Waals surface area contributed by atoms with Crippen LogP contribution in [0.2, 0.25) is 0 Å². The second kappa shape index (κ2) is 12.0. The number of rotatable bonds is 11. The predicted octanol–water partition coefficient (Wildman–Crippen LogP) is 2.40. The Labute approximate surface area is 222 Å². The fraction of sp³-hybridized carbons (Fsp3) is 0.250. The van der Waals surface area contributed by atoms with Crippen molar-refractivity contribution >= 4 is 28.3 Å². The van der Waals surface area contributed by atoms with Gasteiger partial charge in [0.15, 0.2) is 11.7 Å². The van der Waals surface area contributed by atoms with Crippen molar-refractivity contribution < 1.29 is 31.2 Å². The number of sulfonamides is 1. The number of nitrogens with two attached hydrogens (primary N) is 1. The van der Waals surface area contributed by atoms with Crippen molar-refractivity contribution in [2.75, 3.05) is 0 Å². The number of benzene rings is 2. The maximum atomic E-state index is 13.4. The van der Waals surface area contributed by atoms with E-state index in [-0.39, 0.29) is 41.5 Å². The van der Waals surface area contributed by atoms with Gasteiger partial charge in [-0.15, -0.1) is 0 Å². The van der Waals surface area contributed by atoms with Gasteiger partial charge in [0.2, 0.25) is 12.3 Å². The molecule has 0 aliphatic rings. The third-order valence-corrected chi connectivity index (χ3v) is 6.87. The van der Waals surface area contributed by atoms with Gasteiger partial charge in [0.25, 0.3) is 10.0 Å². The van der Waals surface area contributed by atoms with Gasteiger partial charge >= 0.3 is 6.18 Å². The van der Waals surface area contributed by atoms with Gasteiger partial charge in [0.05, 0.1) is 16.3 Å². The monoisotopic (exact) mass is 565 g/mol. The largest absolute Gasteiger partial charge is 0.435 e. The van der Waals surface area contributed by atoms with E-state index in [1.807, 2.05) is 11.6 Å². The topological polar surface area (TPSA) is 172 Å². The SMILES string of the molecule is Cc1ccc(-c2cc(C(F)(F)F)nn2-c2ccc(S(=O)(=O)NC(=O)CCCC(NC=O)NC(=N)N)cc2)cc1. The summed E-state index contributed by atoms with van der Waals surface area (Å²) in [4.78, 5) is 22.6. The molecule has 11 nitrogen and oxygen atoms in total. The standard InChI is InChI=1S/C24H26F3N7O4S/c1-15-5-7-16(8-6-15)19-13-20(24(25,26)27)32-34(19)17-9-11-18(12-10-17)39(37,38)33-22(36)4-2-3-21(30-14-35)31-23(28)29/h5-14,21H,2-4H2,1H3,(H,30,35)(H,33,36)(H4,28,29,31). The zero-order chi connectivity index (χ0) is 28.8. The molecule has 6 N–H and O–H groups in total. The normalized spacial score (nSPS) is 12.4. The van der Waals surface area contributed by atoms with Crippen LogP contribution in [0.3, 0.4) is 0 Å². The van der Waals surface area contributed by atoms with Crippen LogP contribution in [0.25, 0.3) is 16.9 Å². The van der Waals surface area contributed by atoms with E-state index in [2.05, 4.69) is 15.7 Å². The molecule has 0 fully saturated rings. The lowest BCUT2D eigenvalue weighted by atomic mass is 10.1. The molecule has 39 heavy (non-hydrogen) atoms. The van der Waals surface area contributed by atoms with Crippen LogP contribution >= 0.6 is 0 Å². The van der Waals surface area contributed by atoms with Gasteiger partial charge in [0, 0.05) is 12.0 Å². The van der Waals surface area contributed by atoms with Crippen LogP contribution in [0.4, 0.5) is 13.2 Å². The predicted molar refractivity (Wildman–Crippen MR) is 136 cm³/mol. The summed E-state index contributed by atoms with van der Waals surface area (Å²) in [6.45, 7) is 1.84. The maximum absolute atomic E-state index is 13.4. The van der Waals surface area contributed by atoms with Crippen LogP contribution in [0.15, 0.2) is 59.5 Å². The quantitative estimate of drug-likeness (QED) is 0.103. The zero-order valence-corrected chi connectivity index (χ0v) is 21.4. The van der Waals surface area contributed by atoms with Crippen molar-refractivity contribution in [2.24, 2.45) is 5.73 Å². The summed E-state index contributed by atoms with van der Waals surface area (Å²) in [5.41, 5.74) is 5.85. The van der Waals surface area contributed by atoms with E-state index in [0.29, 0.717) is 12.0 Å². The van der Waals surface area contributed by atoms with Crippen LogP contribution in [0.1, 0.15) is 30.5 Å². The van der Waals surface area contributed by atoms with Gasteiger partial charge < -0.3 is 16.4 Å². The summed E-state index contributed by atoms with van der Waals surface area (Å²) < 4.78 is 68.6. The first-order valence-electron chi connectivity index (χ1n) is 11.5. The highest BCUT2D eigenvalue weighted by Gasteiger charge is 2.35. The first-order chi connectivity index (χ1) is 18.3. The molecule has 0 spiro atoms. The molecule has 2 amide bonds. The summed E-state index contributed by atoms with van der Waals surface area (Å²) >= 11 is 0. The molecule has 0 bridgehead atoms. The van der Waals surface area contributed by atoms with Gasteiger partial charge in [-0.2, -0.15) is 18.3 Å². The second-order valence-electron chi connectivity index (χ2n) is 8.50. The van der Waals surface area contributed by atoms with Crippen molar-refractivity contribution in [1.82, 2.24) is 25.1 Å². The number of hydrogen-bond acceptors (Lipinski definition) is 6. The molecular weight excluding hydrogens is 539 g/mol. The van der Waals surface area contributed by atoms with Crippen molar-refractivity contribution in [2.45, 2.75) is 43.4 Å². The smallest absolute Gasteiger partial charge is 0.370 e. The lowest BCUT2D eigenvalue weighted by Crippen LogP contribution is -2.47. The Morgan fingerprint density at radius 2 is 1.79 bits per heavy atom. The number of alkyl halides is 3. The molecular formula is C24H26F3N7O4S. The number of guanidine groups is 1. The van der Waals surface area contributed by atoms with Crippen LogP contribution in [0.5, 0.6) is 0 Å². The second-order valence-corrected chi connectivity index (χ2v) is 10.2. The maximum Gasteiger partial charge on any atom is 0.435 e. The van der Waals surface area contributed by atoms with E-state index in [1.54, 1.807) is 24.3 Å². The fourth-order valence-electron chi connectivity index (χ4n) is 3.61. The summed E-state index contributed by atoms with van der Waals surface area (Å²) in [5.74, 6) is -1.20. The Morgan fingerprint density at radius 1 is 1.15 bits per heavy atom. The molecule has 0 saturated carbocycles. The van der Waals surface area contributed by atoms with Crippen LogP contribution in [-0.4, -0.2) is 42.6 Å². The number of amides is 2. The number of nitrogens with zero attached hydrogens (tertiary/aromatic N) is 2. The Hall–Kier alpha value is -4.40. The highest BCUT2D eigenvalue weighted by atomic mass is 32.2. The summed E-state index contributed by atoms with van der Waals surface area (Å²) in [6.07, 6.45) is -4.86. The van der Waals surface area contributed by atoms with Crippen molar-refractivity contribution in [3.8, 4) is 16.9 Å². The molecule has 3 aromatic rings. The average molecular weight is 566 g/mol. The van der Waals surface area contributed by atoms with Crippen molar-refractivity contribution in [1.29, 1.82) is 5.41 Å². The first-order valence-corrected chi connectivity index (χ1v) is 13.0. The minimum absolute atomic E-state index is 0.160. The van der Waals surface area contributed by atoms with Crippen LogP contribution in [0, 0.1) is 12.3 Å². The van der Waals surface area contributed by atoms with Gasteiger partial charge in [-0.1, -0.05) is 29.8 Å². The average Bonchev–Trinajstić information content (AvgIpc) is 3.30. The number of aromatic nitrogens is 2. The summed E-state index contributed by atoms with van der Waals surface area (Å²) in [5, 5.41) is 15.7. The van der Waals surface area contributed by atoms with Gasteiger partial charge in [-0.25, -0.2) is 17.8 Å². The van der Waals surface area contributed by atoms with Crippen LogP contribution in [-0.2, 0) is 25.8 Å². The fourth-order valence-corrected chi connectivity index (χ4v) is 4.62. The minimum atomic E-state index is -4.69. The van der Waals surface area contributed by atoms with E-state index >= 15 is 0 Å². The lowest BCUT2D eigenvalue weighted by Gasteiger charge is -2.17. The molecule has 0 radical (unpaired) electrons. The molecule has 2 aromatic carbocycles. The third kappa shape index (κ3) is 7.80. The summed E-state index contributed by atoms with van der Waals surface area (Å²) in [6, 6.07) is 12.6. The zero-order valence-electron chi connectivity index (χ0n) is 20.6. The van der Waals surface area contributed by atoms with E-state index in [1.165, 1.54) is 12.1 Å². The van der Waals surface area contributed by atoms with E-state index in [4.69, 9.17) is 11.1 Å². The summed E-state index contributed by atoms with van der Waals surface area (Å²) in [7, 11) is -4.27. The Morgan fingerprint density at radius 3 is 2.36 bits per heavy atom. The highest BCUT2D eigenvalue weighted by molar-refractivity contribution is 7.90. The van der Waals surface area contributed by atoms with Crippen molar-refractivity contribution in [3.63, 3.8) is 0 Å². The Kier molecular flexibility index (Phi) is 8.96. The van der Waals surface area contributed by atoms with Crippen molar-refractivity contribution in [3.05, 3.63) is 65.9 Å². The number of nitrogens with one attached hydrogen (secondary N) is 4. The minimum Gasteiger partial charge on any atom is -0.370 e. The van der Waals surface area contributed by atoms with E-state index in [0.717, 1.165) is 28.4 Å². The van der Waals surface area contributed by atoms with E-state index < -0.39 is 34.0 Å². The molecule has 3 rings (SSSR count). The lowest BCUT2D eigenvalue weighted by molar-refractivity contribution is -0.141. The molecule has 0 saturated heterocycles. The van der Waals surface area contributed by atoms with Gasteiger partial charge in [-0.3, -0.25) is 15.0 Å². The van der Waals surface area contributed by atoms with Gasteiger partial charge in [-0.05, 0) is 50.1 Å². The number of carbonyl (C=O) groups is 2. The highest BCUT2D eigenvalue weighted by Crippen LogP contribution is 2.33. The van der Waals surface area contributed by atoms with Gasteiger partial charge in [0.1, 0.15) is 6.17 Å². The molecule has 1 aromatic heterocycles. The molecule has 1 heterocycles. The Bertz CT molecular complexity index is 1440. The molecule has 0 aliphatic heterocycles. The molecule has 208 valence electrons. The molecule has 0 aliphatic carbocycles. The first kappa shape index (κ1) is 29.2.